The summed E-state index contributed by atoms with van der Waals surface area (Å²) in [5.74, 6) is -1.62. The number of hydrogen-bond donors (Lipinski definition) is 3. The normalized spacial score (nSPS) is 22.1. The van der Waals surface area contributed by atoms with Crippen molar-refractivity contribution < 1.29 is 19.2 Å². The van der Waals surface area contributed by atoms with Crippen LogP contribution in [0.3, 0.4) is 0 Å². The standard InChI is InChI=1S/C25H35N5O4S/c1-16(2)15-20(21(31)24(34)28-29-25-30(3)13-14-35-25)27-23(33)18-11-7-8-12-19(18)26-22(32)17-9-5-4-6-10-17/h4-6,9-10,16,18-20H,7-8,11-15H2,1-3H3,(H,26,32)(H,27,33)(H,28,34)/b29-25-/t18-,19+,20+/m1/s1. The van der Waals surface area contributed by atoms with Crippen LogP contribution in [0.2, 0.25) is 0 Å². The van der Waals surface area contributed by atoms with Crippen LogP contribution in [0, 0.1) is 11.8 Å². The molecule has 0 radical (unpaired) electrons. The smallest absolute Gasteiger partial charge is 0.309 e. The van der Waals surface area contributed by atoms with Crippen molar-refractivity contribution in [3.8, 4) is 0 Å². The van der Waals surface area contributed by atoms with Crippen LogP contribution in [0.5, 0.6) is 0 Å². The van der Waals surface area contributed by atoms with Crippen molar-refractivity contribution in [1.29, 1.82) is 0 Å². The number of nitrogens with zero attached hydrogens (tertiary/aromatic N) is 2. The molecule has 9 nitrogen and oxygen atoms in total. The predicted octanol–water partition coefficient (Wildman–Crippen LogP) is 2.14. The van der Waals surface area contributed by atoms with E-state index in [1.54, 1.807) is 24.3 Å². The van der Waals surface area contributed by atoms with E-state index in [1.165, 1.54) is 11.8 Å². The highest BCUT2D eigenvalue weighted by molar-refractivity contribution is 8.14. The zero-order valence-corrected chi connectivity index (χ0v) is 21.4. The van der Waals surface area contributed by atoms with Crippen molar-refractivity contribution >= 4 is 40.4 Å². The Balaban J connectivity index is 1.65. The van der Waals surface area contributed by atoms with Gasteiger partial charge < -0.3 is 15.5 Å². The molecule has 1 saturated heterocycles. The Kier molecular flexibility index (Phi) is 9.71. The fourth-order valence-corrected chi connectivity index (χ4v) is 5.32. The Bertz CT molecular complexity index is 952. The van der Waals surface area contributed by atoms with Gasteiger partial charge in [-0.25, -0.2) is 5.43 Å². The lowest BCUT2D eigenvalue weighted by molar-refractivity contribution is -0.141. The molecular formula is C25H35N5O4S. The van der Waals surface area contributed by atoms with Gasteiger partial charge in [0.1, 0.15) is 0 Å². The summed E-state index contributed by atoms with van der Waals surface area (Å²) in [6.45, 7) is 4.68. The second kappa shape index (κ2) is 12.7. The Morgan fingerprint density at radius 3 is 2.49 bits per heavy atom. The van der Waals surface area contributed by atoms with Crippen molar-refractivity contribution in [3.05, 3.63) is 35.9 Å². The van der Waals surface area contributed by atoms with Crippen LogP contribution in [0.25, 0.3) is 0 Å². The molecule has 3 rings (SSSR count). The minimum absolute atomic E-state index is 0.0832. The van der Waals surface area contributed by atoms with Gasteiger partial charge >= 0.3 is 5.91 Å². The summed E-state index contributed by atoms with van der Waals surface area (Å²) in [5.41, 5.74) is 2.88. The zero-order valence-electron chi connectivity index (χ0n) is 20.6. The lowest BCUT2D eigenvalue weighted by atomic mass is 9.83. The van der Waals surface area contributed by atoms with Gasteiger partial charge in [0.2, 0.25) is 11.7 Å². The number of hydrogen-bond acceptors (Lipinski definition) is 6. The van der Waals surface area contributed by atoms with Crippen molar-refractivity contribution in [2.75, 3.05) is 19.3 Å². The molecule has 1 aromatic carbocycles. The summed E-state index contributed by atoms with van der Waals surface area (Å²) in [5, 5.41) is 10.5. The fourth-order valence-electron chi connectivity index (χ4n) is 4.35. The second-order valence-corrected chi connectivity index (χ2v) is 10.6. The third kappa shape index (κ3) is 7.55. The van der Waals surface area contributed by atoms with Crippen LogP contribution in [0.4, 0.5) is 0 Å². The molecule has 0 bridgehead atoms. The Morgan fingerprint density at radius 2 is 1.83 bits per heavy atom. The molecule has 0 aromatic heterocycles. The fraction of sp³-hybridized carbons (Fsp3) is 0.560. The lowest BCUT2D eigenvalue weighted by Gasteiger charge is -2.32. The van der Waals surface area contributed by atoms with Crippen molar-refractivity contribution in [2.45, 2.75) is 58.0 Å². The molecule has 1 aliphatic carbocycles. The number of carbonyl (C=O) groups excluding carboxylic acids is 4. The van der Waals surface area contributed by atoms with E-state index >= 15 is 0 Å². The first-order valence-corrected chi connectivity index (χ1v) is 13.2. The van der Waals surface area contributed by atoms with E-state index in [2.05, 4.69) is 21.2 Å². The summed E-state index contributed by atoms with van der Waals surface area (Å²) in [7, 11) is 1.87. The molecule has 0 spiro atoms. The monoisotopic (exact) mass is 501 g/mol. The van der Waals surface area contributed by atoms with Gasteiger partial charge in [0.05, 0.1) is 12.0 Å². The highest BCUT2D eigenvalue weighted by Gasteiger charge is 2.35. The summed E-state index contributed by atoms with van der Waals surface area (Å²) in [6, 6.07) is 7.60. The summed E-state index contributed by atoms with van der Waals surface area (Å²) in [6.07, 6.45) is 3.39. The average Bonchev–Trinajstić information content (AvgIpc) is 3.26. The quantitative estimate of drug-likeness (QED) is 0.352. The van der Waals surface area contributed by atoms with E-state index < -0.39 is 23.7 Å². The molecule has 0 unspecified atom stereocenters. The maximum absolute atomic E-state index is 13.3. The molecule has 3 atom stereocenters. The minimum Gasteiger partial charge on any atom is -0.352 e. The molecule has 10 heteroatoms. The summed E-state index contributed by atoms with van der Waals surface area (Å²) < 4.78 is 0. The second-order valence-electron chi connectivity index (χ2n) is 9.50. The van der Waals surface area contributed by atoms with Crippen LogP contribution in [-0.2, 0) is 14.4 Å². The van der Waals surface area contributed by atoms with E-state index in [-0.39, 0.29) is 23.8 Å². The van der Waals surface area contributed by atoms with Gasteiger partial charge in [0, 0.05) is 31.0 Å². The number of benzene rings is 1. The topological polar surface area (TPSA) is 120 Å². The SMILES string of the molecule is CC(C)C[C@H](NC(=O)[C@@H]1CCCC[C@@H]1NC(=O)c1ccccc1)C(=O)C(=O)N/N=C1\SCCN1C. The van der Waals surface area contributed by atoms with E-state index in [0.29, 0.717) is 30.0 Å². The number of hydrazone groups is 1. The minimum atomic E-state index is -0.955. The molecule has 1 heterocycles. The molecule has 190 valence electrons. The number of amides is 3. The van der Waals surface area contributed by atoms with Gasteiger partial charge in [-0.15, -0.1) is 5.10 Å². The summed E-state index contributed by atoms with van der Waals surface area (Å²) in [4.78, 5) is 53.3. The Hall–Kier alpha value is -2.88. The Morgan fingerprint density at radius 1 is 1.11 bits per heavy atom. The number of nitrogens with one attached hydrogen (secondary N) is 3. The molecule has 2 aliphatic rings. The van der Waals surface area contributed by atoms with Crippen LogP contribution < -0.4 is 16.1 Å². The predicted molar refractivity (Wildman–Crippen MR) is 137 cm³/mol. The van der Waals surface area contributed by atoms with Crippen LogP contribution in [0.15, 0.2) is 35.4 Å². The average molecular weight is 502 g/mol. The number of Topliss-reactive ketones (excluding diaryl/α,β-unsaturated/α-hetero) is 1. The van der Waals surface area contributed by atoms with Gasteiger partial charge in [-0.1, -0.05) is 56.7 Å². The molecule has 35 heavy (non-hydrogen) atoms. The van der Waals surface area contributed by atoms with E-state index in [1.807, 2.05) is 31.9 Å². The van der Waals surface area contributed by atoms with Crippen molar-refractivity contribution in [2.24, 2.45) is 16.9 Å². The van der Waals surface area contributed by atoms with Crippen LogP contribution >= 0.6 is 11.8 Å². The first kappa shape index (κ1) is 26.7. The van der Waals surface area contributed by atoms with Gasteiger partial charge in [0.25, 0.3) is 5.91 Å². The van der Waals surface area contributed by atoms with Crippen LogP contribution in [0.1, 0.15) is 56.3 Å². The number of ketones is 1. The van der Waals surface area contributed by atoms with Crippen molar-refractivity contribution in [3.63, 3.8) is 0 Å². The maximum Gasteiger partial charge on any atom is 0.309 e. The maximum atomic E-state index is 13.3. The molecule has 3 amide bonds. The molecule has 1 aromatic rings. The van der Waals surface area contributed by atoms with Gasteiger partial charge in [-0.2, -0.15) is 0 Å². The van der Waals surface area contributed by atoms with Crippen LogP contribution in [-0.4, -0.2) is 65.0 Å². The highest BCUT2D eigenvalue weighted by Crippen LogP contribution is 2.25. The van der Waals surface area contributed by atoms with E-state index in [9.17, 15) is 19.2 Å². The van der Waals surface area contributed by atoms with Gasteiger partial charge in [0.15, 0.2) is 5.17 Å². The number of carbonyl (C=O) groups is 4. The first-order valence-electron chi connectivity index (χ1n) is 12.2. The Labute approximate surface area is 210 Å². The van der Waals surface area contributed by atoms with Gasteiger partial charge in [-0.3, -0.25) is 19.2 Å². The molecular weight excluding hydrogens is 466 g/mol. The molecule has 2 fully saturated rings. The largest absolute Gasteiger partial charge is 0.352 e. The lowest BCUT2D eigenvalue weighted by Crippen LogP contribution is -2.53. The van der Waals surface area contributed by atoms with Gasteiger partial charge in [-0.05, 0) is 37.3 Å². The first-order chi connectivity index (χ1) is 16.8. The number of thioether (sulfide) groups is 1. The van der Waals surface area contributed by atoms with E-state index in [4.69, 9.17) is 0 Å². The highest BCUT2D eigenvalue weighted by atomic mass is 32.2. The molecule has 1 aliphatic heterocycles. The zero-order chi connectivity index (χ0) is 25.4. The third-order valence-corrected chi connectivity index (χ3v) is 7.30. The van der Waals surface area contributed by atoms with E-state index in [0.717, 1.165) is 25.1 Å². The number of rotatable bonds is 9. The third-order valence-electron chi connectivity index (χ3n) is 6.26. The van der Waals surface area contributed by atoms with Crippen molar-refractivity contribution in [1.82, 2.24) is 21.0 Å². The molecule has 1 saturated carbocycles. The summed E-state index contributed by atoms with van der Waals surface area (Å²) >= 11 is 1.50. The number of amidine groups is 1. The molecule has 3 N–H and O–H groups in total.